The Morgan fingerprint density at radius 2 is 0.659 bits per heavy atom. The molecule has 44 heavy (non-hydrogen) atoms. The fourth-order valence-electron chi connectivity index (χ4n) is 5.42. The topological polar surface area (TPSA) is 6.48 Å². The summed E-state index contributed by atoms with van der Waals surface area (Å²) < 4.78 is 0. The zero-order valence-corrected chi connectivity index (χ0v) is 24.3. The molecule has 0 aliphatic carbocycles. The lowest BCUT2D eigenvalue weighted by atomic mass is 9.98. The van der Waals surface area contributed by atoms with Gasteiger partial charge in [0, 0.05) is 34.1 Å². The summed E-state index contributed by atoms with van der Waals surface area (Å²) in [4.78, 5) is 4.61. The maximum Gasteiger partial charge on any atom is 0.0462 e. The molecule has 1 unspecified atom stereocenters. The van der Waals surface area contributed by atoms with E-state index in [1.165, 1.54) is 16.7 Å². The van der Waals surface area contributed by atoms with Gasteiger partial charge in [-0.2, -0.15) is 0 Å². The van der Waals surface area contributed by atoms with Crippen LogP contribution in [-0.2, 0) is 0 Å². The van der Waals surface area contributed by atoms with Crippen molar-refractivity contribution >= 4 is 34.1 Å². The molecule has 0 heterocycles. The molecule has 0 aliphatic rings. The van der Waals surface area contributed by atoms with Crippen molar-refractivity contribution in [1.29, 1.82) is 0 Å². The lowest BCUT2D eigenvalue weighted by molar-refractivity contribution is 0.733. The highest BCUT2D eigenvalue weighted by Crippen LogP contribution is 2.38. The zero-order chi connectivity index (χ0) is 28.7. The van der Waals surface area contributed by atoms with Gasteiger partial charge in [0.2, 0.25) is 0 Å². The zero-order valence-electron chi connectivity index (χ0n) is 24.3. The van der Waals surface area contributed by atoms with Gasteiger partial charge >= 0.3 is 0 Å². The van der Waals surface area contributed by atoms with Crippen LogP contribution in [-0.4, -0.2) is 0 Å². The number of benzene rings is 6. The SMILES string of the molecule is C.C.CCC(C)c1ccc(N(c2ccccc2)c2ccc(-c3ccc(N(c4ccccc4)c4ccccc4)cc3)cc2)cc1. The van der Waals surface area contributed by atoms with Crippen LogP contribution < -0.4 is 9.80 Å². The lowest BCUT2D eigenvalue weighted by Gasteiger charge is -2.26. The van der Waals surface area contributed by atoms with Gasteiger partial charge in [-0.3, -0.25) is 0 Å². The van der Waals surface area contributed by atoms with Crippen molar-refractivity contribution < 1.29 is 0 Å². The van der Waals surface area contributed by atoms with E-state index in [2.05, 4.69) is 187 Å². The lowest BCUT2D eigenvalue weighted by Crippen LogP contribution is -2.10. The molecule has 0 aromatic heterocycles. The first-order valence-electron chi connectivity index (χ1n) is 14.8. The highest BCUT2D eigenvalue weighted by Gasteiger charge is 2.15. The van der Waals surface area contributed by atoms with Crippen molar-refractivity contribution in [3.8, 4) is 11.1 Å². The van der Waals surface area contributed by atoms with Crippen molar-refractivity contribution in [3.05, 3.63) is 169 Å². The van der Waals surface area contributed by atoms with Crippen molar-refractivity contribution in [2.24, 2.45) is 0 Å². The molecule has 0 amide bonds. The van der Waals surface area contributed by atoms with Gasteiger partial charge in [-0.25, -0.2) is 0 Å². The number of hydrogen-bond acceptors (Lipinski definition) is 2. The number of hydrogen-bond donors (Lipinski definition) is 0. The van der Waals surface area contributed by atoms with Crippen LogP contribution >= 0.6 is 0 Å². The second kappa shape index (κ2) is 14.9. The first-order valence-corrected chi connectivity index (χ1v) is 14.8. The normalized spacial score (nSPS) is 11.0. The molecule has 0 N–H and O–H groups in total. The molecule has 0 spiro atoms. The average molecular weight is 577 g/mol. The molecule has 2 heteroatoms. The van der Waals surface area contributed by atoms with Crippen molar-refractivity contribution in [2.45, 2.75) is 41.0 Å². The molecule has 1 atom stereocenters. The number of rotatable bonds is 9. The Morgan fingerprint density at radius 1 is 0.386 bits per heavy atom. The summed E-state index contributed by atoms with van der Waals surface area (Å²) in [5.41, 5.74) is 10.6. The predicted octanol–water partition coefficient (Wildman–Crippen LogP) is 13.1. The van der Waals surface area contributed by atoms with Crippen LogP contribution in [0.1, 0.15) is 46.6 Å². The van der Waals surface area contributed by atoms with Gasteiger partial charge in [0.15, 0.2) is 0 Å². The first kappa shape index (κ1) is 31.8. The third kappa shape index (κ3) is 6.93. The minimum atomic E-state index is 0. The number of para-hydroxylation sites is 3. The van der Waals surface area contributed by atoms with Gasteiger partial charge in [0.05, 0.1) is 0 Å². The molecular weight excluding hydrogens is 532 g/mol. The second-order valence-electron chi connectivity index (χ2n) is 10.7. The van der Waals surface area contributed by atoms with Gasteiger partial charge < -0.3 is 9.80 Å². The molecule has 0 saturated heterocycles. The van der Waals surface area contributed by atoms with Crippen LogP contribution in [0, 0.1) is 0 Å². The summed E-state index contributed by atoms with van der Waals surface area (Å²) in [7, 11) is 0. The van der Waals surface area contributed by atoms with Crippen LogP contribution in [0.4, 0.5) is 34.1 Å². The third-order valence-electron chi connectivity index (χ3n) is 7.96. The molecule has 6 aromatic carbocycles. The highest BCUT2D eigenvalue weighted by atomic mass is 15.1. The Hall–Kier alpha value is -5.08. The van der Waals surface area contributed by atoms with Crippen LogP contribution in [0.15, 0.2) is 164 Å². The molecule has 0 radical (unpaired) electrons. The van der Waals surface area contributed by atoms with Gasteiger partial charge in [-0.15, -0.1) is 0 Å². The van der Waals surface area contributed by atoms with Crippen LogP contribution in [0.2, 0.25) is 0 Å². The summed E-state index contributed by atoms with van der Waals surface area (Å²) >= 11 is 0. The van der Waals surface area contributed by atoms with E-state index in [4.69, 9.17) is 0 Å². The fraction of sp³-hybridized carbons (Fsp3) is 0.143. The number of anilines is 6. The summed E-state index contributed by atoms with van der Waals surface area (Å²) in [6.07, 6.45) is 1.14. The maximum atomic E-state index is 2.32. The predicted molar refractivity (Wildman–Crippen MR) is 193 cm³/mol. The van der Waals surface area contributed by atoms with E-state index in [0.29, 0.717) is 5.92 Å². The van der Waals surface area contributed by atoms with E-state index in [9.17, 15) is 0 Å². The Morgan fingerprint density at radius 3 is 0.955 bits per heavy atom. The second-order valence-corrected chi connectivity index (χ2v) is 10.7. The Bertz CT molecular complexity index is 1640. The van der Waals surface area contributed by atoms with E-state index >= 15 is 0 Å². The van der Waals surface area contributed by atoms with Gasteiger partial charge in [-0.1, -0.05) is 120 Å². The van der Waals surface area contributed by atoms with Crippen LogP contribution in [0.5, 0.6) is 0 Å². The molecule has 2 nitrogen and oxygen atoms in total. The molecule has 0 bridgehead atoms. The standard InChI is InChI=1S/C40H36N2.2CH4/c1-3-31(2)32-19-25-38(26-20-32)42(37-17-11-6-12-18-37)40-29-23-34(24-30-40)33-21-27-39(28-22-33)41(35-13-7-4-8-14-35)36-15-9-5-10-16-36;;/h4-31H,3H2,1-2H3;2*1H4. The molecule has 0 saturated carbocycles. The molecule has 0 fully saturated rings. The van der Waals surface area contributed by atoms with E-state index in [0.717, 1.165) is 40.5 Å². The van der Waals surface area contributed by atoms with E-state index in [1.807, 2.05) is 0 Å². The first-order chi connectivity index (χ1) is 20.7. The smallest absolute Gasteiger partial charge is 0.0462 e. The number of nitrogens with zero attached hydrogens (tertiary/aromatic N) is 2. The molecule has 6 rings (SSSR count). The van der Waals surface area contributed by atoms with Crippen molar-refractivity contribution in [3.63, 3.8) is 0 Å². The summed E-state index contributed by atoms with van der Waals surface area (Å²) in [6, 6.07) is 58.4. The van der Waals surface area contributed by atoms with Gasteiger partial charge in [0.1, 0.15) is 0 Å². The molecule has 222 valence electrons. The van der Waals surface area contributed by atoms with Crippen LogP contribution in [0.25, 0.3) is 11.1 Å². The summed E-state index contributed by atoms with van der Waals surface area (Å²) in [5.74, 6) is 0.558. The van der Waals surface area contributed by atoms with E-state index in [-0.39, 0.29) is 14.9 Å². The van der Waals surface area contributed by atoms with E-state index in [1.54, 1.807) is 0 Å². The Labute approximate surface area is 264 Å². The minimum absolute atomic E-state index is 0. The highest BCUT2D eigenvalue weighted by molar-refractivity contribution is 5.80. The quantitative estimate of drug-likeness (QED) is 0.169. The van der Waals surface area contributed by atoms with Crippen molar-refractivity contribution in [2.75, 3.05) is 9.80 Å². The fourth-order valence-corrected chi connectivity index (χ4v) is 5.42. The van der Waals surface area contributed by atoms with Gasteiger partial charge in [0.25, 0.3) is 0 Å². The molecule has 0 aliphatic heterocycles. The van der Waals surface area contributed by atoms with Crippen molar-refractivity contribution in [1.82, 2.24) is 0 Å². The van der Waals surface area contributed by atoms with E-state index < -0.39 is 0 Å². The maximum absolute atomic E-state index is 2.32. The molecular formula is C42H44N2. The molecule has 6 aromatic rings. The Balaban J connectivity index is 0.00000221. The monoisotopic (exact) mass is 576 g/mol. The van der Waals surface area contributed by atoms with Gasteiger partial charge in [-0.05, 0) is 102 Å². The average Bonchev–Trinajstić information content (AvgIpc) is 3.07. The summed E-state index contributed by atoms with van der Waals surface area (Å²) in [6.45, 7) is 4.53. The van der Waals surface area contributed by atoms with Crippen LogP contribution in [0.3, 0.4) is 0 Å². The largest absolute Gasteiger partial charge is 0.311 e. The summed E-state index contributed by atoms with van der Waals surface area (Å²) in [5, 5.41) is 0. The third-order valence-corrected chi connectivity index (χ3v) is 7.96. The Kier molecular flexibility index (Phi) is 10.8. The minimum Gasteiger partial charge on any atom is -0.311 e.